The Morgan fingerprint density at radius 2 is 1.81 bits per heavy atom. The average molecular weight is 348 g/mol. The molecule has 0 aliphatic carbocycles. The molecule has 0 amide bonds. The Labute approximate surface area is 154 Å². The number of carbonyl (C=O) groups excluding carboxylic acids is 1. The molecule has 3 rings (SSSR count). The molecule has 0 atom stereocenters. The molecule has 0 unspecified atom stereocenters. The van der Waals surface area contributed by atoms with Crippen LogP contribution < -0.4 is 0 Å². The molecule has 2 heterocycles. The fourth-order valence-electron chi connectivity index (χ4n) is 3.02. The number of nitrogens with zero attached hydrogens (tertiary/aromatic N) is 4. The highest BCUT2D eigenvalue weighted by molar-refractivity contribution is 5.81. The SMILES string of the molecule is CCc1ccc(CC(=O)CCc2nnc(-c3cccnc3)n2CC)cc1. The fraction of sp³-hybridized carbons (Fsp3) is 0.333. The van der Waals surface area contributed by atoms with Crippen LogP contribution in [0.1, 0.15) is 37.2 Å². The first-order valence-electron chi connectivity index (χ1n) is 9.13. The first-order valence-corrected chi connectivity index (χ1v) is 9.13. The molecule has 0 radical (unpaired) electrons. The number of ketones is 1. The second kappa shape index (κ2) is 8.52. The Bertz CT molecular complexity index is 853. The van der Waals surface area contributed by atoms with Crippen LogP contribution in [-0.2, 0) is 30.6 Å². The molecule has 0 N–H and O–H groups in total. The Balaban J connectivity index is 1.64. The van der Waals surface area contributed by atoms with E-state index in [4.69, 9.17) is 0 Å². The van der Waals surface area contributed by atoms with Gasteiger partial charge in [-0.2, -0.15) is 0 Å². The topological polar surface area (TPSA) is 60.7 Å². The summed E-state index contributed by atoms with van der Waals surface area (Å²) in [6, 6.07) is 12.1. The van der Waals surface area contributed by atoms with Gasteiger partial charge in [0.15, 0.2) is 5.82 Å². The van der Waals surface area contributed by atoms with Gasteiger partial charge in [0, 0.05) is 43.8 Å². The molecule has 0 spiro atoms. The van der Waals surface area contributed by atoms with Gasteiger partial charge in [-0.3, -0.25) is 9.78 Å². The Hall–Kier alpha value is -2.82. The summed E-state index contributed by atoms with van der Waals surface area (Å²) in [5, 5.41) is 8.60. The van der Waals surface area contributed by atoms with Crippen molar-refractivity contribution in [3.63, 3.8) is 0 Å². The Morgan fingerprint density at radius 3 is 2.46 bits per heavy atom. The quantitative estimate of drug-likeness (QED) is 0.623. The summed E-state index contributed by atoms with van der Waals surface area (Å²) >= 11 is 0. The molecule has 5 heteroatoms. The lowest BCUT2D eigenvalue weighted by atomic mass is 10.0. The van der Waals surface area contributed by atoms with E-state index >= 15 is 0 Å². The van der Waals surface area contributed by atoms with Crippen LogP contribution in [0.2, 0.25) is 0 Å². The van der Waals surface area contributed by atoms with E-state index < -0.39 is 0 Å². The molecular weight excluding hydrogens is 324 g/mol. The van der Waals surface area contributed by atoms with Crippen LogP contribution in [0.15, 0.2) is 48.8 Å². The predicted octanol–water partition coefficient (Wildman–Crippen LogP) is 3.67. The molecule has 5 nitrogen and oxygen atoms in total. The van der Waals surface area contributed by atoms with Crippen LogP contribution in [0.3, 0.4) is 0 Å². The highest BCUT2D eigenvalue weighted by atomic mass is 16.1. The van der Waals surface area contributed by atoms with Crippen LogP contribution in [0.5, 0.6) is 0 Å². The lowest BCUT2D eigenvalue weighted by Gasteiger charge is -2.07. The lowest BCUT2D eigenvalue weighted by Crippen LogP contribution is -2.09. The van der Waals surface area contributed by atoms with Crippen LogP contribution in [-0.4, -0.2) is 25.5 Å². The number of hydrogen-bond acceptors (Lipinski definition) is 4. The number of Topliss-reactive ketones (excluding diaryl/α,β-unsaturated/α-hetero) is 1. The summed E-state index contributed by atoms with van der Waals surface area (Å²) in [6.07, 6.45) is 6.08. The van der Waals surface area contributed by atoms with Gasteiger partial charge in [-0.1, -0.05) is 31.2 Å². The van der Waals surface area contributed by atoms with E-state index in [1.54, 1.807) is 12.4 Å². The third-order valence-corrected chi connectivity index (χ3v) is 4.52. The third-order valence-electron chi connectivity index (χ3n) is 4.52. The minimum Gasteiger partial charge on any atom is -0.311 e. The van der Waals surface area contributed by atoms with Crippen LogP contribution in [0.25, 0.3) is 11.4 Å². The highest BCUT2D eigenvalue weighted by Gasteiger charge is 2.14. The van der Waals surface area contributed by atoms with Gasteiger partial charge in [-0.05, 0) is 36.6 Å². The van der Waals surface area contributed by atoms with Gasteiger partial charge >= 0.3 is 0 Å². The molecule has 0 fully saturated rings. The van der Waals surface area contributed by atoms with E-state index in [1.807, 2.05) is 24.3 Å². The van der Waals surface area contributed by atoms with Gasteiger partial charge in [-0.15, -0.1) is 10.2 Å². The largest absolute Gasteiger partial charge is 0.311 e. The molecule has 0 saturated heterocycles. The summed E-state index contributed by atoms with van der Waals surface area (Å²) < 4.78 is 2.06. The summed E-state index contributed by atoms with van der Waals surface area (Å²) in [4.78, 5) is 16.5. The normalized spacial score (nSPS) is 10.8. The number of benzene rings is 1. The first kappa shape index (κ1) is 18.0. The molecule has 2 aromatic heterocycles. The van der Waals surface area contributed by atoms with Gasteiger partial charge in [0.25, 0.3) is 0 Å². The third kappa shape index (κ3) is 4.23. The standard InChI is InChI=1S/C21H24N4O/c1-3-16-7-9-17(10-8-16)14-19(26)11-12-20-23-24-21(25(20)4-2)18-6-5-13-22-15-18/h5-10,13,15H,3-4,11-12,14H2,1-2H3. The van der Waals surface area contributed by atoms with Crippen molar-refractivity contribution in [1.29, 1.82) is 0 Å². The number of aromatic nitrogens is 4. The Morgan fingerprint density at radius 1 is 1.04 bits per heavy atom. The van der Waals surface area contributed by atoms with Gasteiger partial charge < -0.3 is 4.57 Å². The molecule has 134 valence electrons. The summed E-state index contributed by atoms with van der Waals surface area (Å²) in [7, 11) is 0. The zero-order chi connectivity index (χ0) is 18.4. The maximum absolute atomic E-state index is 12.3. The smallest absolute Gasteiger partial charge is 0.165 e. The molecule has 0 aliphatic rings. The van der Waals surface area contributed by atoms with E-state index in [2.05, 4.69) is 45.7 Å². The molecule has 0 bridgehead atoms. The van der Waals surface area contributed by atoms with Crippen LogP contribution in [0, 0.1) is 0 Å². The van der Waals surface area contributed by atoms with Crippen molar-refractivity contribution in [3.05, 3.63) is 65.7 Å². The van der Waals surface area contributed by atoms with Crippen LogP contribution >= 0.6 is 0 Å². The van der Waals surface area contributed by atoms with E-state index in [1.165, 1.54) is 5.56 Å². The molecule has 0 aliphatic heterocycles. The van der Waals surface area contributed by atoms with E-state index in [9.17, 15) is 4.79 Å². The molecule has 1 aromatic carbocycles. The number of aryl methyl sites for hydroxylation is 2. The predicted molar refractivity (Wildman–Crippen MR) is 102 cm³/mol. The molecule has 26 heavy (non-hydrogen) atoms. The monoisotopic (exact) mass is 348 g/mol. The lowest BCUT2D eigenvalue weighted by molar-refractivity contribution is -0.118. The van der Waals surface area contributed by atoms with Crippen molar-refractivity contribution >= 4 is 5.78 Å². The first-order chi connectivity index (χ1) is 12.7. The molecular formula is C21H24N4O. The second-order valence-electron chi connectivity index (χ2n) is 6.31. The summed E-state index contributed by atoms with van der Waals surface area (Å²) in [5.41, 5.74) is 3.30. The van der Waals surface area contributed by atoms with Crippen molar-refractivity contribution in [2.75, 3.05) is 0 Å². The average Bonchev–Trinajstić information content (AvgIpc) is 3.10. The number of carbonyl (C=O) groups is 1. The van der Waals surface area contributed by atoms with Crippen LogP contribution in [0.4, 0.5) is 0 Å². The number of pyridine rings is 1. The van der Waals surface area contributed by atoms with Gasteiger partial charge in [-0.25, -0.2) is 0 Å². The fourth-order valence-corrected chi connectivity index (χ4v) is 3.02. The van der Waals surface area contributed by atoms with Gasteiger partial charge in [0.05, 0.1) is 0 Å². The second-order valence-corrected chi connectivity index (χ2v) is 6.31. The zero-order valence-corrected chi connectivity index (χ0v) is 15.4. The minimum atomic E-state index is 0.225. The van der Waals surface area contributed by atoms with E-state index in [0.717, 1.165) is 35.7 Å². The maximum atomic E-state index is 12.3. The van der Waals surface area contributed by atoms with E-state index in [-0.39, 0.29) is 5.78 Å². The summed E-state index contributed by atoms with van der Waals surface area (Å²) in [5.74, 6) is 1.88. The van der Waals surface area contributed by atoms with Crippen molar-refractivity contribution in [3.8, 4) is 11.4 Å². The summed E-state index contributed by atoms with van der Waals surface area (Å²) in [6.45, 7) is 4.95. The van der Waals surface area contributed by atoms with Crippen molar-refractivity contribution in [2.24, 2.45) is 0 Å². The zero-order valence-electron chi connectivity index (χ0n) is 15.4. The highest BCUT2D eigenvalue weighted by Crippen LogP contribution is 2.18. The minimum absolute atomic E-state index is 0.225. The van der Waals surface area contributed by atoms with Crippen molar-refractivity contribution in [1.82, 2.24) is 19.7 Å². The van der Waals surface area contributed by atoms with Crippen molar-refractivity contribution < 1.29 is 4.79 Å². The van der Waals surface area contributed by atoms with Gasteiger partial charge in [0.1, 0.15) is 11.6 Å². The number of hydrogen-bond donors (Lipinski definition) is 0. The van der Waals surface area contributed by atoms with E-state index in [0.29, 0.717) is 19.3 Å². The number of rotatable bonds is 8. The molecule has 3 aromatic rings. The van der Waals surface area contributed by atoms with Crippen molar-refractivity contribution in [2.45, 2.75) is 46.1 Å². The molecule has 0 saturated carbocycles. The Kier molecular flexibility index (Phi) is 5.89. The van der Waals surface area contributed by atoms with Gasteiger partial charge in [0.2, 0.25) is 0 Å². The maximum Gasteiger partial charge on any atom is 0.165 e.